The second kappa shape index (κ2) is 6.07. The van der Waals surface area contributed by atoms with Gasteiger partial charge in [-0.2, -0.15) is 13.2 Å². The van der Waals surface area contributed by atoms with Gasteiger partial charge >= 0.3 is 6.18 Å². The summed E-state index contributed by atoms with van der Waals surface area (Å²) in [6.07, 6.45) is -0.744. The van der Waals surface area contributed by atoms with Crippen molar-refractivity contribution in [2.24, 2.45) is 0 Å². The predicted molar refractivity (Wildman–Crippen MR) is 68.2 cm³/mol. The number of nitrogens with zero attached hydrogens (tertiary/aromatic N) is 4. The molecule has 0 radical (unpaired) electrons. The lowest BCUT2D eigenvalue weighted by Gasteiger charge is -2.28. The van der Waals surface area contributed by atoms with E-state index in [0.717, 1.165) is 12.8 Å². The van der Waals surface area contributed by atoms with Gasteiger partial charge in [0.15, 0.2) is 0 Å². The molecule has 1 fully saturated rings. The van der Waals surface area contributed by atoms with E-state index < -0.39 is 12.6 Å². The van der Waals surface area contributed by atoms with E-state index in [4.69, 9.17) is 6.57 Å². The smallest absolute Gasteiger partial charge is 0.355 e. The van der Waals surface area contributed by atoms with Crippen LogP contribution < -0.4 is 4.90 Å². The SMILES string of the molecule is [C-]#[N+]C1CCN(c2cncc(CCC(F)(F)F)n2)CC1. The zero-order valence-electron chi connectivity index (χ0n) is 10.9. The summed E-state index contributed by atoms with van der Waals surface area (Å²) in [5.41, 5.74) is 0.354. The van der Waals surface area contributed by atoms with Crippen molar-refractivity contribution >= 4 is 5.82 Å². The minimum Gasteiger partial charge on any atom is -0.355 e. The van der Waals surface area contributed by atoms with Crippen LogP contribution in [0.25, 0.3) is 4.85 Å². The molecule has 0 aliphatic carbocycles. The molecule has 108 valence electrons. The average Bonchev–Trinajstić information content (AvgIpc) is 2.45. The van der Waals surface area contributed by atoms with Crippen LogP contribution in [0.2, 0.25) is 0 Å². The molecule has 2 rings (SSSR count). The standard InChI is InChI=1S/C13H15F3N4/c1-17-10-3-6-20(7-4-10)12-9-18-8-11(19-12)2-5-13(14,15)16/h8-10H,2-7H2. The quantitative estimate of drug-likeness (QED) is 0.800. The zero-order valence-corrected chi connectivity index (χ0v) is 10.9. The highest BCUT2D eigenvalue weighted by atomic mass is 19.4. The highest BCUT2D eigenvalue weighted by molar-refractivity contribution is 5.37. The van der Waals surface area contributed by atoms with Crippen molar-refractivity contribution < 1.29 is 13.2 Å². The Labute approximate surface area is 115 Å². The van der Waals surface area contributed by atoms with Gasteiger partial charge in [0.05, 0.1) is 11.9 Å². The summed E-state index contributed by atoms with van der Waals surface area (Å²) in [6, 6.07) is 0.0487. The normalized spacial score (nSPS) is 17.0. The number of piperidine rings is 1. The van der Waals surface area contributed by atoms with E-state index >= 15 is 0 Å². The molecule has 0 atom stereocenters. The molecule has 1 aromatic heterocycles. The number of rotatable bonds is 3. The van der Waals surface area contributed by atoms with Crippen molar-refractivity contribution in [3.63, 3.8) is 0 Å². The Kier molecular flexibility index (Phi) is 4.42. The Hall–Kier alpha value is -1.84. The van der Waals surface area contributed by atoms with Gasteiger partial charge in [-0.15, -0.1) is 0 Å². The fraction of sp³-hybridized carbons (Fsp3) is 0.615. The van der Waals surface area contributed by atoms with Crippen LogP contribution in [0.5, 0.6) is 0 Å². The average molecular weight is 284 g/mol. The predicted octanol–water partition coefficient (Wildman–Crippen LogP) is 2.86. The van der Waals surface area contributed by atoms with Crippen molar-refractivity contribution in [1.82, 2.24) is 9.97 Å². The summed E-state index contributed by atoms with van der Waals surface area (Å²) >= 11 is 0. The van der Waals surface area contributed by atoms with Crippen LogP contribution >= 0.6 is 0 Å². The van der Waals surface area contributed by atoms with E-state index in [1.54, 1.807) is 6.20 Å². The third-order valence-electron chi connectivity index (χ3n) is 3.31. The number of anilines is 1. The van der Waals surface area contributed by atoms with Gasteiger partial charge in [-0.3, -0.25) is 4.98 Å². The third-order valence-corrected chi connectivity index (χ3v) is 3.31. The minimum absolute atomic E-state index is 0.0487. The molecule has 0 amide bonds. The Morgan fingerprint density at radius 1 is 1.30 bits per heavy atom. The van der Waals surface area contributed by atoms with Crippen LogP contribution in [-0.4, -0.2) is 35.3 Å². The minimum atomic E-state index is -4.17. The van der Waals surface area contributed by atoms with Gasteiger partial charge in [0.25, 0.3) is 0 Å². The second-order valence-corrected chi connectivity index (χ2v) is 4.83. The van der Waals surface area contributed by atoms with Crippen LogP contribution in [0.3, 0.4) is 0 Å². The van der Waals surface area contributed by atoms with E-state index in [-0.39, 0.29) is 12.5 Å². The van der Waals surface area contributed by atoms with E-state index in [1.807, 2.05) is 4.90 Å². The summed E-state index contributed by atoms with van der Waals surface area (Å²) in [7, 11) is 0. The van der Waals surface area contributed by atoms with Crippen LogP contribution in [-0.2, 0) is 6.42 Å². The number of hydrogen-bond donors (Lipinski definition) is 0. The molecule has 1 saturated heterocycles. The highest BCUT2D eigenvalue weighted by Crippen LogP contribution is 2.23. The van der Waals surface area contributed by atoms with Crippen molar-refractivity contribution in [3.05, 3.63) is 29.5 Å². The molecule has 1 aliphatic heterocycles. The first-order chi connectivity index (χ1) is 9.48. The lowest BCUT2D eigenvalue weighted by atomic mass is 10.1. The van der Waals surface area contributed by atoms with Crippen LogP contribution in [0.4, 0.5) is 19.0 Å². The molecular weight excluding hydrogens is 269 g/mol. The zero-order chi connectivity index (χ0) is 14.6. The number of hydrogen-bond acceptors (Lipinski definition) is 3. The second-order valence-electron chi connectivity index (χ2n) is 4.83. The van der Waals surface area contributed by atoms with Gasteiger partial charge in [0.1, 0.15) is 5.82 Å². The lowest BCUT2D eigenvalue weighted by molar-refractivity contribution is -0.134. The van der Waals surface area contributed by atoms with Gasteiger partial charge in [0, 0.05) is 38.5 Å². The fourth-order valence-corrected chi connectivity index (χ4v) is 2.16. The summed E-state index contributed by atoms with van der Waals surface area (Å²) in [5.74, 6) is 0.605. The largest absolute Gasteiger partial charge is 0.389 e. The molecule has 0 N–H and O–H groups in total. The topological polar surface area (TPSA) is 33.4 Å². The Bertz CT molecular complexity index is 487. The molecule has 0 unspecified atom stereocenters. The van der Waals surface area contributed by atoms with Gasteiger partial charge in [-0.25, -0.2) is 11.6 Å². The molecule has 0 aromatic carbocycles. The number of aryl methyl sites for hydroxylation is 1. The molecule has 0 saturated carbocycles. The van der Waals surface area contributed by atoms with Gasteiger partial charge < -0.3 is 9.74 Å². The van der Waals surface area contributed by atoms with Crippen molar-refractivity contribution in [3.8, 4) is 0 Å². The number of alkyl halides is 3. The highest BCUT2D eigenvalue weighted by Gasteiger charge is 2.27. The maximum absolute atomic E-state index is 12.2. The molecule has 0 spiro atoms. The van der Waals surface area contributed by atoms with E-state index in [0.29, 0.717) is 24.6 Å². The Morgan fingerprint density at radius 2 is 2.00 bits per heavy atom. The molecule has 4 nitrogen and oxygen atoms in total. The van der Waals surface area contributed by atoms with E-state index in [2.05, 4.69) is 14.8 Å². The Balaban J connectivity index is 1.98. The van der Waals surface area contributed by atoms with Crippen molar-refractivity contribution in [2.75, 3.05) is 18.0 Å². The first-order valence-corrected chi connectivity index (χ1v) is 6.47. The van der Waals surface area contributed by atoms with Crippen molar-refractivity contribution in [1.29, 1.82) is 0 Å². The van der Waals surface area contributed by atoms with Gasteiger partial charge in [-0.05, 0) is 6.42 Å². The molecule has 20 heavy (non-hydrogen) atoms. The van der Waals surface area contributed by atoms with Crippen LogP contribution in [0, 0.1) is 6.57 Å². The van der Waals surface area contributed by atoms with Crippen molar-refractivity contribution in [2.45, 2.75) is 37.9 Å². The maximum Gasteiger partial charge on any atom is 0.389 e. The number of aromatic nitrogens is 2. The first-order valence-electron chi connectivity index (χ1n) is 6.47. The van der Waals surface area contributed by atoms with Crippen LogP contribution in [0.1, 0.15) is 25.0 Å². The Morgan fingerprint density at radius 3 is 2.60 bits per heavy atom. The van der Waals surface area contributed by atoms with Crippen LogP contribution in [0.15, 0.2) is 12.4 Å². The summed E-state index contributed by atoms with van der Waals surface area (Å²) in [4.78, 5) is 13.7. The van der Waals surface area contributed by atoms with Gasteiger partial charge in [0.2, 0.25) is 6.04 Å². The molecular formula is C13H15F3N4. The molecule has 1 aliphatic rings. The fourth-order valence-electron chi connectivity index (χ4n) is 2.16. The van der Waals surface area contributed by atoms with E-state index in [1.165, 1.54) is 6.20 Å². The lowest BCUT2D eigenvalue weighted by Crippen LogP contribution is -2.35. The first kappa shape index (κ1) is 14.6. The van der Waals surface area contributed by atoms with Gasteiger partial charge in [-0.1, -0.05) is 0 Å². The number of halogens is 3. The third kappa shape index (κ3) is 4.08. The summed E-state index contributed by atoms with van der Waals surface area (Å²) in [5, 5.41) is 0. The molecule has 1 aromatic rings. The maximum atomic E-state index is 12.2. The monoisotopic (exact) mass is 284 g/mol. The summed E-state index contributed by atoms with van der Waals surface area (Å²) in [6.45, 7) is 8.38. The molecule has 7 heteroatoms. The van der Waals surface area contributed by atoms with E-state index in [9.17, 15) is 13.2 Å². The molecule has 0 bridgehead atoms. The molecule has 2 heterocycles. The summed E-state index contributed by atoms with van der Waals surface area (Å²) < 4.78 is 36.6.